The summed E-state index contributed by atoms with van der Waals surface area (Å²) in [7, 11) is 0. The van der Waals surface area contributed by atoms with Crippen molar-refractivity contribution in [3.8, 4) is 0 Å². The van der Waals surface area contributed by atoms with Crippen LogP contribution in [0.1, 0.15) is 29.0 Å². The molecule has 6 nitrogen and oxygen atoms in total. The van der Waals surface area contributed by atoms with Crippen LogP contribution in [0.15, 0.2) is 42.6 Å². The van der Waals surface area contributed by atoms with Crippen molar-refractivity contribution >= 4 is 11.9 Å². The number of amides is 1. The van der Waals surface area contributed by atoms with E-state index < -0.39 is 5.97 Å². The van der Waals surface area contributed by atoms with E-state index >= 15 is 0 Å². The monoisotopic (exact) mass is 359 g/mol. The molecule has 2 aliphatic heterocycles. The maximum Gasteiger partial charge on any atom is 0.300 e. The topological polar surface area (TPSA) is 85.4 Å². The number of likely N-dealkylation sites (tertiary alicyclic amines) is 1. The van der Waals surface area contributed by atoms with Gasteiger partial charge in [0.15, 0.2) is 0 Å². The average Bonchev–Trinajstić information content (AvgIpc) is 3.30. The van der Waals surface area contributed by atoms with Gasteiger partial charge in [-0.25, -0.2) is 4.39 Å². The van der Waals surface area contributed by atoms with E-state index in [1.54, 1.807) is 24.4 Å². The molecule has 138 valence electrons. The molecule has 3 atom stereocenters. The summed E-state index contributed by atoms with van der Waals surface area (Å²) in [6.45, 7) is 3.60. The Bertz CT molecular complexity index is 774. The highest BCUT2D eigenvalue weighted by atomic mass is 19.1. The van der Waals surface area contributed by atoms with Gasteiger partial charge in [-0.3, -0.25) is 9.59 Å². The summed E-state index contributed by atoms with van der Waals surface area (Å²) in [5.41, 5.74) is 1.48. The van der Waals surface area contributed by atoms with E-state index in [9.17, 15) is 9.18 Å². The van der Waals surface area contributed by atoms with Crippen molar-refractivity contribution in [1.82, 2.24) is 15.2 Å². The Labute approximate surface area is 151 Å². The lowest BCUT2D eigenvalue weighted by atomic mass is 9.89. The van der Waals surface area contributed by atoms with Crippen molar-refractivity contribution in [3.63, 3.8) is 0 Å². The van der Waals surface area contributed by atoms with E-state index in [0.717, 1.165) is 32.1 Å². The zero-order chi connectivity index (χ0) is 18.7. The summed E-state index contributed by atoms with van der Waals surface area (Å²) in [5.74, 6) is -0.305. The first-order valence-corrected chi connectivity index (χ1v) is 8.57. The molecule has 2 aromatic rings. The Morgan fingerprint density at radius 3 is 2.65 bits per heavy atom. The van der Waals surface area contributed by atoms with E-state index in [0.29, 0.717) is 17.5 Å². The largest absolute Gasteiger partial charge is 0.481 e. The molecular weight excluding hydrogens is 337 g/mol. The van der Waals surface area contributed by atoms with Gasteiger partial charge in [0.2, 0.25) is 0 Å². The maximum atomic E-state index is 13.6. The predicted octanol–water partition coefficient (Wildman–Crippen LogP) is 2.28. The average molecular weight is 359 g/mol. The molecule has 0 aliphatic carbocycles. The third-order valence-electron chi connectivity index (χ3n) is 4.84. The van der Waals surface area contributed by atoms with Crippen LogP contribution in [0, 0.1) is 17.7 Å². The number of aromatic amines is 1. The van der Waals surface area contributed by atoms with Gasteiger partial charge in [-0.05, 0) is 35.7 Å². The number of carboxylic acid groups (broad SMARTS) is 1. The molecule has 1 aromatic carbocycles. The van der Waals surface area contributed by atoms with E-state index in [2.05, 4.69) is 10.3 Å². The van der Waals surface area contributed by atoms with Crippen LogP contribution in [-0.4, -0.2) is 46.5 Å². The molecule has 0 bridgehead atoms. The highest BCUT2D eigenvalue weighted by Gasteiger charge is 2.47. The lowest BCUT2D eigenvalue weighted by molar-refractivity contribution is -0.134. The molecule has 2 fully saturated rings. The normalized spacial score (nSPS) is 23.9. The van der Waals surface area contributed by atoms with Crippen LogP contribution in [0.25, 0.3) is 0 Å². The van der Waals surface area contributed by atoms with Gasteiger partial charge in [0.05, 0.1) is 6.04 Å². The molecular formula is C19H22FN3O3. The number of rotatable bonds is 2. The summed E-state index contributed by atoms with van der Waals surface area (Å²) >= 11 is 0. The number of carbonyl (C=O) groups excluding carboxylic acids is 1. The second-order valence-corrected chi connectivity index (χ2v) is 6.64. The van der Waals surface area contributed by atoms with Crippen molar-refractivity contribution < 1.29 is 19.1 Å². The first-order valence-electron chi connectivity index (χ1n) is 8.57. The molecule has 2 saturated heterocycles. The molecule has 0 radical (unpaired) electrons. The van der Waals surface area contributed by atoms with Crippen LogP contribution in [0.4, 0.5) is 4.39 Å². The van der Waals surface area contributed by atoms with Crippen LogP contribution in [0.2, 0.25) is 0 Å². The van der Waals surface area contributed by atoms with Gasteiger partial charge in [0.1, 0.15) is 11.5 Å². The fraction of sp³-hybridized carbons (Fsp3) is 0.368. The minimum Gasteiger partial charge on any atom is -0.481 e. The van der Waals surface area contributed by atoms with Crippen molar-refractivity contribution in [1.29, 1.82) is 0 Å². The Morgan fingerprint density at radius 1 is 1.23 bits per heavy atom. The second kappa shape index (κ2) is 7.70. The fourth-order valence-corrected chi connectivity index (χ4v) is 3.87. The van der Waals surface area contributed by atoms with Gasteiger partial charge in [0.25, 0.3) is 11.9 Å². The van der Waals surface area contributed by atoms with Gasteiger partial charge >= 0.3 is 0 Å². The number of hydrogen-bond acceptors (Lipinski definition) is 3. The number of fused-ring (bicyclic) bond motifs is 1. The van der Waals surface area contributed by atoms with Crippen LogP contribution >= 0.6 is 0 Å². The van der Waals surface area contributed by atoms with Crippen LogP contribution < -0.4 is 5.32 Å². The fourth-order valence-electron chi connectivity index (χ4n) is 3.87. The first-order chi connectivity index (χ1) is 12.5. The zero-order valence-electron chi connectivity index (χ0n) is 14.5. The van der Waals surface area contributed by atoms with Gasteiger partial charge in [0, 0.05) is 38.7 Å². The standard InChI is InChI=1S/C17H18FN3O.C2H4O2/c18-13-4-1-3-11(7-13)16-14-9-19-8-12(14)10-21(16)17(22)15-5-2-6-20-15;1-2(3)4/h1-7,12,14,16,19-20H,8-10H2;1H3,(H,3,4)/t12-,14-,16+;/m0./s1. The summed E-state index contributed by atoms with van der Waals surface area (Å²) in [6, 6.07) is 10.2. The maximum absolute atomic E-state index is 13.6. The molecule has 0 saturated carbocycles. The molecule has 1 amide bonds. The van der Waals surface area contributed by atoms with Crippen molar-refractivity contribution in [3.05, 3.63) is 59.7 Å². The van der Waals surface area contributed by atoms with E-state index in [1.165, 1.54) is 6.07 Å². The van der Waals surface area contributed by atoms with Gasteiger partial charge < -0.3 is 20.3 Å². The number of aromatic nitrogens is 1. The Kier molecular flexibility index (Phi) is 5.37. The number of carbonyl (C=O) groups is 2. The summed E-state index contributed by atoms with van der Waals surface area (Å²) in [4.78, 5) is 26.7. The van der Waals surface area contributed by atoms with E-state index in [4.69, 9.17) is 9.90 Å². The highest BCUT2D eigenvalue weighted by Crippen LogP contribution is 2.43. The second-order valence-electron chi connectivity index (χ2n) is 6.64. The lowest BCUT2D eigenvalue weighted by Gasteiger charge is -2.28. The van der Waals surface area contributed by atoms with Crippen molar-refractivity contribution in [2.45, 2.75) is 13.0 Å². The number of halogens is 1. The molecule has 4 rings (SSSR count). The minimum absolute atomic E-state index is 0.00587. The Hall–Kier alpha value is -2.67. The SMILES string of the molecule is CC(=O)O.O=C(c1ccc[nH]1)N1C[C@@H]2CNC[C@@H]2[C@H]1c1cccc(F)c1. The number of hydrogen-bond donors (Lipinski definition) is 3. The molecule has 7 heteroatoms. The Balaban J connectivity index is 0.000000447. The summed E-state index contributed by atoms with van der Waals surface area (Å²) in [5, 5.41) is 10.8. The molecule has 3 heterocycles. The van der Waals surface area contributed by atoms with Gasteiger partial charge in [-0.15, -0.1) is 0 Å². The quantitative estimate of drug-likeness (QED) is 0.768. The van der Waals surface area contributed by atoms with Gasteiger partial charge in [-0.1, -0.05) is 12.1 Å². The molecule has 1 aromatic heterocycles. The third-order valence-corrected chi connectivity index (χ3v) is 4.84. The van der Waals surface area contributed by atoms with E-state index in [1.807, 2.05) is 17.0 Å². The predicted molar refractivity (Wildman–Crippen MR) is 94.1 cm³/mol. The first kappa shape index (κ1) is 18.1. The minimum atomic E-state index is -0.833. The highest BCUT2D eigenvalue weighted by molar-refractivity contribution is 5.93. The number of benzene rings is 1. The van der Waals surface area contributed by atoms with Crippen molar-refractivity contribution in [2.24, 2.45) is 11.8 Å². The molecule has 2 aliphatic rings. The third kappa shape index (κ3) is 3.77. The van der Waals surface area contributed by atoms with Crippen LogP contribution in [-0.2, 0) is 4.79 Å². The lowest BCUT2D eigenvalue weighted by Crippen LogP contribution is -2.34. The number of nitrogens with zero attached hydrogens (tertiary/aromatic N) is 1. The summed E-state index contributed by atoms with van der Waals surface area (Å²) < 4.78 is 13.6. The van der Waals surface area contributed by atoms with E-state index in [-0.39, 0.29) is 17.8 Å². The van der Waals surface area contributed by atoms with Gasteiger partial charge in [-0.2, -0.15) is 0 Å². The smallest absolute Gasteiger partial charge is 0.300 e. The van der Waals surface area contributed by atoms with Crippen molar-refractivity contribution in [2.75, 3.05) is 19.6 Å². The van der Waals surface area contributed by atoms with Crippen LogP contribution in [0.5, 0.6) is 0 Å². The zero-order valence-corrected chi connectivity index (χ0v) is 14.5. The number of nitrogens with one attached hydrogen (secondary N) is 2. The molecule has 0 unspecified atom stereocenters. The number of H-pyrrole nitrogens is 1. The molecule has 26 heavy (non-hydrogen) atoms. The summed E-state index contributed by atoms with van der Waals surface area (Å²) in [6.07, 6.45) is 1.75. The number of carboxylic acids is 1. The molecule has 0 spiro atoms. The molecule has 3 N–H and O–H groups in total. The number of aliphatic carboxylic acids is 1. The van der Waals surface area contributed by atoms with Crippen LogP contribution in [0.3, 0.4) is 0 Å². The Morgan fingerprint density at radius 2 is 2.00 bits per heavy atom.